The molecule has 3 fully saturated rings. The van der Waals surface area contributed by atoms with Gasteiger partial charge in [0.2, 0.25) is 0 Å². The highest BCUT2D eigenvalue weighted by molar-refractivity contribution is 5.81. The summed E-state index contributed by atoms with van der Waals surface area (Å²) in [6.45, 7) is 9.58. The number of hydrogen-bond donors (Lipinski definition) is 2. The summed E-state index contributed by atoms with van der Waals surface area (Å²) in [4.78, 5) is 4.63. The van der Waals surface area contributed by atoms with Crippen molar-refractivity contribution in [1.29, 1.82) is 0 Å². The minimum atomic E-state index is -0.0580. The Kier molecular flexibility index (Phi) is 4.14. The van der Waals surface area contributed by atoms with E-state index in [2.05, 4.69) is 43.3 Å². The monoisotopic (exact) mass is 309 g/mol. The van der Waals surface area contributed by atoms with E-state index in [0.29, 0.717) is 24.3 Å². The summed E-state index contributed by atoms with van der Waals surface area (Å²) in [6, 6.07) is 0.795. The van der Waals surface area contributed by atoms with Gasteiger partial charge < -0.3 is 20.1 Å². The van der Waals surface area contributed by atoms with Crippen LogP contribution in [0.2, 0.25) is 0 Å². The summed E-state index contributed by atoms with van der Waals surface area (Å²) in [5, 5.41) is 7.23. The number of methoxy groups -OCH3 is 1. The van der Waals surface area contributed by atoms with E-state index in [0.717, 1.165) is 25.3 Å². The zero-order valence-corrected chi connectivity index (χ0v) is 14.6. The molecular weight excluding hydrogens is 278 g/mol. The van der Waals surface area contributed by atoms with Crippen molar-refractivity contribution in [1.82, 2.24) is 10.6 Å². The Morgan fingerprint density at radius 2 is 2.05 bits per heavy atom. The Morgan fingerprint density at radius 1 is 1.27 bits per heavy atom. The van der Waals surface area contributed by atoms with Crippen LogP contribution in [0.3, 0.4) is 0 Å². The van der Waals surface area contributed by atoms with Crippen LogP contribution in [0.25, 0.3) is 0 Å². The first-order valence-corrected chi connectivity index (χ1v) is 8.67. The van der Waals surface area contributed by atoms with Crippen molar-refractivity contribution in [2.24, 2.45) is 10.4 Å². The van der Waals surface area contributed by atoms with Gasteiger partial charge in [-0.3, -0.25) is 4.99 Å². The van der Waals surface area contributed by atoms with Crippen molar-refractivity contribution in [3.8, 4) is 0 Å². The second-order valence-electron chi connectivity index (χ2n) is 7.74. The molecule has 2 saturated heterocycles. The van der Waals surface area contributed by atoms with Gasteiger partial charge in [-0.05, 0) is 39.5 Å². The third-order valence-electron chi connectivity index (χ3n) is 6.33. The number of hydrogen-bond acceptors (Lipinski definition) is 3. The third-order valence-corrected chi connectivity index (χ3v) is 6.33. The van der Waals surface area contributed by atoms with Crippen molar-refractivity contribution in [3.63, 3.8) is 0 Å². The highest BCUT2D eigenvalue weighted by Crippen LogP contribution is 2.51. The molecule has 0 aromatic heterocycles. The average Bonchev–Trinajstić information content (AvgIpc) is 3.09. The number of ether oxygens (including phenoxy) is 2. The standard InChI is InChI=1S/C17H31N3O2/c1-6-18-15(19-12-9-11-7-8-13(12)22-11)20-14-10-17(4,21-5)16(14,2)3/h11-14H,6-10H2,1-5H3,(H2,18,19,20). The first-order valence-electron chi connectivity index (χ1n) is 8.67. The molecule has 22 heavy (non-hydrogen) atoms. The molecule has 0 amide bonds. The van der Waals surface area contributed by atoms with Crippen LogP contribution in [0.4, 0.5) is 0 Å². The van der Waals surface area contributed by atoms with Gasteiger partial charge in [-0.15, -0.1) is 0 Å². The molecule has 5 nitrogen and oxygen atoms in total. The molecule has 5 heteroatoms. The van der Waals surface area contributed by atoms with Gasteiger partial charge in [0, 0.05) is 25.1 Å². The number of rotatable bonds is 4. The lowest BCUT2D eigenvalue weighted by molar-refractivity contribution is -0.176. The van der Waals surface area contributed by atoms with Crippen molar-refractivity contribution in [3.05, 3.63) is 0 Å². The topological polar surface area (TPSA) is 54.9 Å². The molecule has 2 heterocycles. The molecule has 0 aromatic rings. The maximum atomic E-state index is 5.94. The Bertz CT molecular complexity index is 451. The predicted molar refractivity (Wildman–Crippen MR) is 88.1 cm³/mol. The van der Waals surface area contributed by atoms with Gasteiger partial charge in [0.1, 0.15) is 0 Å². The van der Waals surface area contributed by atoms with Crippen molar-refractivity contribution < 1.29 is 9.47 Å². The minimum Gasteiger partial charge on any atom is -0.378 e. The lowest BCUT2D eigenvalue weighted by Gasteiger charge is -2.59. The van der Waals surface area contributed by atoms with Gasteiger partial charge in [-0.25, -0.2) is 0 Å². The predicted octanol–water partition coefficient (Wildman–Crippen LogP) is 2.06. The zero-order valence-electron chi connectivity index (χ0n) is 14.6. The fourth-order valence-electron chi connectivity index (χ4n) is 4.14. The molecule has 1 saturated carbocycles. The van der Waals surface area contributed by atoms with E-state index in [9.17, 15) is 0 Å². The fraction of sp³-hybridized carbons (Fsp3) is 0.941. The molecule has 5 unspecified atom stereocenters. The summed E-state index contributed by atoms with van der Waals surface area (Å²) in [7, 11) is 1.81. The highest BCUT2D eigenvalue weighted by atomic mass is 16.5. The van der Waals surface area contributed by atoms with Crippen molar-refractivity contribution in [2.45, 2.75) is 83.3 Å². The Balaban J connectivity index is 1.60. The van der Waals surface area contributed by atoms with Crippen LogP contribution in [0.1, 0.15) is 53.4 Å². The summed E-state index contributed by atoms with van der Waals surface area (Å²) in [5.41, 5.74) is 0.0284. The molecule has 2 bridgehead atoms. The summed E-state index contributed by atoms with van der Waals surface area (Å²) in [6.07, 6.45) is 5.35. The maximum absolute atomic E-state index is 5.94. The summed E-state index contributed by atoms with van der Waals surface area (Å²) < 4.78 is 11.6. The Hall–Kier alpha value is -0.810. The maximum Gasteiger partial charge on any atom is 0.191 e. The van der Waals surface area contributed by atoms with E-state index >= 15 is 0 Å². The molecular formula is C17H31N3O2. The molecule has 2 aliphatic heterocycles. The second kappa shape index (κ2) is 5.68. The zero-order chi connectivity index (χ0) is 16.0. The van der Waals surface area contributed by atoms with Gasteiger partial charge in [-0.2, -0.15) is 0 Å². The Morgan fingerprint density at radius 3 is 2.55 bits per heavy atom. The third kappa shape index (κ3) is 2.52. The van der Waals surface area contributed by atoms with Gasteiger partial charge in [0.25, 0.3) is 0 Å². The van der Waals surface area contributed by atoms with E-state index < -0.39 is 0 Å². The van der Waals surface area contributed by atoms with E-state index in [1.165, 1.54) is 12.8 Å². The van der Waals surface area contributed by atoms with Crippen LogP contribution < -0.4 is 10.6 Å². The van der Waals surface area contributed by atoms with Gasteiger partial charge in [0.15, 0.2) is 5.96 Å². The van der Waals surface area contributed by atoms with Gasteiger partial charge in [-0.1, -0.05) is 13.8 Å². The molecule has 0 spiro atoms. The van der Waals surface area contributed by atoms with Crippen LogP contribution in [0.15, 0.2) is 4.99 Å². The van der Waals surface area contributed by atoms with Crippen LogP contribution in [-0.4, -0.2) is 49.5 Å². The van der Waals surface area contributed by atoms with Crippen LogP contribution in [0, 0.1) is 5.41 Å². The van der Waals surface area contributed by atoms with Gasteiger partial charge >= 0.3 is 0 Å². The first-order chi connectivity index (χ1) is 10.4. The molecule has 2 N–H and O–H groups in total. The van der Waals surface area contributed by atoms with Crippen LogP contribution in [-0.2, 0) is 9.47 Å². The number of nitrogens with one attached hydrogen (secondary N) is 2. The quantitative estimate of drug-likeness (QED) is 0.616. The summed E-state index contributed by atoms with van der Waals surface area (Å²) >= 11 is 0. The van der Waals surface area contributed by atoms with E-state index in [-0.39, 0.29) is 11.0 Å². The smallest absolute Gasteiger partial charge is 0.191 e. The molecule has 0 radical (unpaired) electrons. The Labute approximate surface area is 134 Å². The minimum absolute atomic E-state index is 0.0580. The second-order valence-corrected chi connectivity index (χ2v) is 7.74. The van der Waals surface area contributed by atoms with Gasteiger partial charge in [0.05, 0.1) is 23.9 Å². The average molecular weight is 309 g/mol. The fourth-order valence-corrected chi connectivity index (χ4v) is 4.14. The molecule has 3 aliphatic rings. The first kappa shape index (κ1) is 16.1. The largest absolute Gasteiger partial charge is 0.378 e. The van der Waals surface area contributed by atoms with E-state index in [4.69, 9.17) is 9.47 Å². The number of nitrogens with zero attached hydrogens (tertiary/aromatic N) is 1. The van der Waals surface area contributed by atoms with Crippen molar-refractivity contribution >= 4 is 5.96 Å². The lowest BCUT2D eigenvalue weighted by Crippen LogP contribution is -2.70. The SMILES string of the molecule is CCN=C(NC1CC2CCC1O2)NC1CC(C)(OC)C1(C)C. The number of guanidine groups is 1. The molecule has 3 rings (SSSR count). The highest BCUT2D eigenvalue weighted by Gasteiger charge is 2.58. The summed E-state index contributed by atoms with van der Waals surface area (Å²) in [5.74, 6) is 0.930. The normalized spacial score (nSPS) is 43.0. The van der Waals surface area contributed by atoms with E-state index in [1.807, 2.05) is 7.11 Å². The lowest BCUT2D eigenvalue weighted by atomic mass is 9.56. The van der Waals surface area contributed by atoms with Crippen LogP contribution >= 0.6 is 0 Å². The number of fused-ring (bicyclic) bond motifs is 2. The molecule has 5 atom stereocenters. The molecule has 126 valence electrons. The van der Waals surface area contributed by atoms with E-state index in [1.54, 1.807) is 0 Å². The van der Waals surface area contributed by atoms with Crippen LogP contribution in [0.5, 0.6) is 0 Å². The molecule has 1 aliphatic carbocycles. The van der Waals surface area contributed by atoms with Crippen molar-refractivity contribution in [2.75, 3.05) is 13.7 Å². The molecule has 0 aromatic carbocycles. The number of aliphatic imine (C=N–C) groups is 1.